The van der Waals surface area contributed by atoms with Crippen molar-refractivity contribution in [3.63, 3.8) is 0 Å². The third-order valence-corrected chi connectivity index (χ3v) is 8.93. The van der Waals surface area contributed by atoms with Crippen molar-refractivity contribution in [1.82, 2.24) is 0 Å². The van der Waals surface area contributed by atoms with Crippen LogP contribution in [0.5, 0.6) is 0 Å². The molecule has 0 aliphatic heterocycles. The molecule has 9 heteroatoms. The Hall–Kier alpha value is -1.35. The number of rotatable bonds is 12. The molecule has 4 rings (SSSR count). The van der Waals surface area contributed by atoms with Crippen LogP contribution >= 0.6 is 36.7 Å². The van der Waals surface area contributed by atoms with Crippen LogP contribution < -0.4 is 21.2 Å². The molecule has 4 nitrogen and oxygen atoms in total. The van der Waals surface area contributed by atoms with Crippen LogP contribution in [0.1, 0.15) is 0 Å². The zero-order chi connectivity index (χ0) is 28.0. The van der Waals surface area contributed by atoms with Gasteiger partial charge in [-0.1, -0.05) is 121 Å². The normalized spacial score (nSPS) is 10.5. The summed E-state index contributed by atoms with van der Waals surface area (Å²) >= 11 is 0.569. The summed E-state index contributed by atoms with van der Waals surface area (Å²) in [7, 11) is 11.3. The van der Waals surface area contributed by atoms with Gasteiger partial charge < -0.3 is 18.5 Å². The summed E-state index contributed by atoms with van der Waals surface area (Å²) in [4.78, 5) is 0. The van der Waals surface area contributed by atoms with Gasteiger partial charge in [-0.15, -0.1) is 0 Å². The quantitative estimate of drug-likeness (QED) is 0.0965. The van der Waals surface area contributed by atoms with Crippen molar-refractivity contribution in [3.8, 4) is 0 Å². The van der Waals surface area contributed by atoms with Crippen LogP contribution in [0.15, 0.2) is 121 Å². The van der Waals surface area contributed by atoms with Gasteiger partial charge in [0, 0.05) is 35.4 Å². The Balaban J connectivity index is 0.000000249. The van der Waals surface area contributed by atoms with Crippen molar-refractivity contribution in [3.05, 3.63) is 121 Å². The average Bonchev–Trinajstić information content (AvgIpc) is 3.00. The number of methoxy groups -OCH3 is 2. The molecule has 0 aromatic heterocycles. The standard InChI is InChI=1S/2C15H17O2P.2ClH.Ni/c2*1-16-12-13-17-18(14-8-4-2-5-9-14)15-10-6-3-7-11-15;;;/h2*2-11H,12-13H2,1H3;2*1H;/q;;;;+2/p-2. The number of benzene rings is 4. The fourth-order valence-electron chi connectivity index (χ4n) is 3.27. The van der Waals surface area contributed by atoms with E-state index in [0.717, 1.165) is 0 Å². The molecule has 0 heterocycles. The van der Waals surface area contributed by atoms with E-state index in [2.05, 4.69) is 48.5 Å². The number of hydrogen-bond acceptors (Lipinski definition) is 4. The van der Waals surface area contributed by atoms with Crippen LogP contribution in [0.25, 0.3) is 0 Å². The average molecular weight is 650 g/mol. The Morgan fingerprint density at radius 3 is 0.897 bits per heavy atom. The van der Waals surface area contributed by atoms with Gasteiger partial charge in [-0.2, -0.15) is 0 Å². The van der Waals surface area contributed by atoms with Crippen molar-refractivity contribution in [2.45, 2.75) is 0 Å². The molecular formula is C30H34Cl2NiO4P2. The minimum atomic E-state index is -0.742. The van der Waals surface area contributed by atoms with Gasteiger partial charge in [0.25, 0.3) is 0 Å². The van der Waals surface area contributed by atoms with Gasteiger partial charge in [0.05, 0.1) is 42.7 Å². The van der Waals surface area contributed by atoms with E-state index in [0.29, 0.717) is 39.1 Å². The fourth-order valence-corrected chi connectivity index (χ4v) is 6.75. The molecule has 0 saturated heterocycles. The fraction of sp³-hybridized carbons (Fsp3) is 0.200. The number of ether oxygens (including phenoxy) is 2. The molecule has 0 radical (unpaired) electrons. The molecule has 0 fully saturated rings. The van der Waals surface area contributed by atoms with E-state index in [1.54, 1.807) is 14.2 Å². The van der Waals surface area contributed by atoms with Gasteiger partial charge in [-0.05, 0) is 0 Å². The summed E-state index contributed by atoms with van der Waals surface area (Å²) in [5.41, 5.74) is 0. The van der Waals surface area contributed by atoms with Gasteiger partial charge in [0.15, 0.2) is 0 Å². The summed E-state index contributed by atoms with van der Waals surface area (Å²) in [6.45, 7) is 2.48. The minimum absolute atomic E-state index is 0.569. The SMILES string of the molecule is COCCOP(c1ccccc1)c1ccccc1.COCCOP(c1ccccc1)c1ccccc1.[Cl][Ni][Cl]. The van der Waals surface area contributed by atoms with Gasteiger partial charge in [0.1, 0.15) is 0 Å². The van der Waals surface area contributed by atoms with Crippen molar-refractivity contribution < 1.29 is 31.2 Å². The Morgan fingerprint density at radius 1 is 0.462 bits per heavy atom. The first kappa shape index (κ1) is 33.9. The molecule has 0 amide bonds. The summed E-state index contributed by atoms with van der Waals surface area (Å²) in [5.74, 6) is 0. The van der Waals surface area contributed by atoms with Crippen LogP contribution in [0, 0.1) is 0 Å². The van der Waals surface area contributed by atoms with Gasteiger partial charge in [0.2, 0.25) is 0 Å². The van der Waals surface area contributed by atoms with E-state index >= 15 is 0 Å². The van der Waals surface area contributed by atoms with E-state index in [1.807, 2.05) is 72.8 Å². The first-order valence-corrected chi connectivity index (χ1v) is 17.3. The number of halogens is 2. The van der Waals surface area contributed by atoms with Crippen LogP contribution in [-0.4, -0.2) is 40.6 Å². The number of hydrogen-bond donors (Lipinski definition) is 0. The first-order chi connectivity index (χ1) is 19.2. The summed E-state index contributed by atoms with van der Waals surface area (Å²) in [6.07, 6.45) is 0. The van der Waals surface area contributed by atoms with Crippen molar-refractivity contribution >= 4 is 57.9 Å². The zero-order valence-corrected chi connectivity index (χ0v) is 26.3. The Morgan fingerprint density at radius 2 is 0.692 bits per heavy atom. The van der Waals surface area contributed by atoms with Crippen LogP contribution in [0.4, 0.5) is 0 Å². The molecule has 39 heavy (non-hydrogen) atoms. The second-order valence-electron chi connectivity index (χ2n) is 7.63. The summed E-state index contributed by atoms with van der Waals surface area (Å²) in [6, 6.07) is 41.4. The molecule has 0 saturated carbocycles. The van der Waals surface area contributed by atoms with Crippen LogP contribution in [-0.2, 0) is 31.2 Å². The second-order valence-corrected chi connectivity index (χ2v) is 13.0. The monoisotopic (exact) mass is 648 g/mol. The summed E-state index contributed by atoms with van der Waals surface area (Å²) < 4.78 is 22.1. The third kappa shape index (κ3) is 13.7. The second kappa shape index (κ2) is 22.4. The van der Waals surface area contributed by atoms with Gasteiger partial charge >= 0.3 is 33.0 Å². The molecule has 0 spiro atoms. The van der Waals surface area contributed by atoms with Crippen molar-refractivity contribution in [2.75, 3.05) is 40.6 Å². The van der Waals surface area contributed by atoms with Crippen molar-refractivity contribution in [2.24, 2.45) is 0 Å². The maximum atomic E-state index is 5.99. The maximum absolute atomic E-state index is 5.99. The van der Waals surface area contributed by atoms with Crippen LogP contribution in [0.2, 0.25) is 0 Å². The van der Waals surface area contributed by atoms with Gasteiger partial charge in [-0.3, -0.25) is 0 Å². The topological polar surface area (TPSA) is 36.9 Å². The molecule has 0 unspecified atom stereocenters. The molecule has 0 aliphatic carbocycles. The Bertz CT molecular complexity index is 933. The molecule has 0 aliphatic rings. The zero-order valence-electron chi connectivity index (χ0n) is 22.0. The predicted molar refractivity (Wildman–Crippen MR) is 166 cm³/mol. The predicted octanol–water partition coefficient (Wildman–Crippen LogP) is 6.77. The van der Waals surface area contributed by atoms with Crippen LogP contribution in [0.3, 0.4) is 0 Å². The molecule has 0 bridgehead atoms. The van der Waals surface area contributed by atoms with Gasteiger partial charge in [-0.25, -0.2) is 0 Å². The first-order valence-electron chi connectivity index (χ1n) is 12.1. The van der Waals surface area contributed by atoms with E-state index in [4.69, 9.17) is 38.9 Å². The van der Waals surface area contributed by atoms with E-state index in [-0.39, 0.29) is 0 Å². The van der Waals surface area contributed by atoms with E-state index < -0.39 is 16.3 Å². The third-order valence-electron chi connectivity index (χ3n) is 4.98. The van der Waals surface area contributed by atoms with E-state index in [9.17, 15) is 0 Å². The molecule has 212 valence electrons. The Labute approximate surface area is 250 Å². The Kier molecular flexibility index (Phi) is 19.4. The van der Waals surface area contributed by atoms with Crippen molar-refractivity contribution in [1.29, 1.82) is 0 Å². The molecule has 0 N–H and O–H groups in total. The molecule has 0 atom stereocenters. The summed E-state index contributed by atoms with van der Waals surface area (Å²) in [5, 5.41) is 4.93. The molecular weight excluding hydrogens is 616 g/mol. The van der Waals surface area contributed by atoms with E-state index in [1.165, 1.54) is 21.2 Å². The molecule has 4 aromatic carbocycles. The molecule has 4 aromatic rings.